The Labute approximate surface area is 92.8 Å². The summed E-state index contributed by atoms with van der Waals surface area (Å²) in [5, 5.41) is 5.56. The van der Waals surface area contributed by atoms with Crippen LogP contribution in [-0.2, 0) is 4.74 Å². The van der Waals surface area contributed by atoms with Crippen molar-refractivity contribution in [1.29, 1.82) is 0 Å². The summed E-state index contributed by atoms with van der Waals surface area (Å²) in [5.41, 5.74) is 2.13. The van der Waals surface area contributed by atoms with E-state index in [1.54, 1.807) is 25.3 Å². The summed E-state index contributed by atoms with van der Waals surface area (Å²) >= 11 is 1.65. The summed E-state index contributed by atoms with van der Waals surface area (Å²) in [7, 11) is 1.71. The Morgan fingerprint density at radius 3 is 3.20 bits per heavy atom. The number of hydrogen-bond donors (Lipinski definition) is 0. The maximum absolute atomic E-state index is 5.01. The summed E-state index contributed by atoms with van der Waals surface area (Å²) in [4.78, 5) is 4.10. The predicted molar refractivity (Wildman–Crippen MR) is 62.0 cm³/mol. The first kappa shape index (κ1) is 10.4. The lowest BCUT2D eigenvalue weighted by Crippen LogP contribution is -1.97. The molecular formula is C10H13N3OS. The minimum absolute atomic E-state index is 0.732. The molecule has 4 nitrogen and oxygen atoms in total. The van der Waals surface area contributed by atoms with Gasteiger partial charge < -0.3 is 4.74 Å². The van der Waals surface area contributed by atoms with Crippen molar-refractivity contribution in [2.75, 3.05) is 19.5 Å². The quantitative estimate of drug-likeness (QED) is 0.742. The van der Waals surface area contributed by atoms with Crippen LogP contribution in [0.2, 0.25) is 0 Å². The Hall–Kier alpha value is -1.07. The Morgan fingerprint density at radius 2 is 2.40 bits per heavy atom. The molecule has 15 heavy (non-hydrogen) atoms. The van der Waals surface area contributed by atoms with Gasteiger partial charge in [0.1, 0.15) is 0 Å². The summed E-state index contributed by atoms with van der Waals surface area (Å²) in [6, 6.07) is 1.98. The summed E-state index contributed by atoms with van der Waals surface area (Å²) in [5.74, 6) is 0.898. The van der Waals surface area contributed by atoms with Gasteiger partial charge in [-0.2, -0.15) is 5.10 Å². The van der Waals surface area contributed by atoms with Gasteiger partial charge in [-0.25, -0.2) is 4.09 Å². The SMILES string of the molecule is COCCSn1nc(C)c2cnccc21. The van der Waals surface area contributed by atoms with E-state index in [0.717, 1.165) is 29.0 Å². The first-order chi connectivity index (χ1) is 7.33. The molecule has 0 fully saturated rings. The molecule has 5 heteroatoms. The van der Waals surface area contributed by atoms with Crippen LogP contribution in [0.15, 0.2) is 18.5 Å². The minimum atomic E-state index is 0.732. The Bertz CT molecular complexity index is 455. The molecule has 0 amide bonds. The maximum Gasteiger partial charge on any atom is 0.0845 e. The van der Waals surface area contributed by atoms with Gasteiger partial charge >= 0.3 is 0 Å². The molecule has 0 atom stereocenters. The van der Waals surface area contributed by atoms with E-state index < -0.39 is 0 Å². The zero-order valence-corrected chi connectivity index (χ0v) is 9.62. The van der Waals surface area contributed by atoms with Gasteiger partial charge in [0.2, 0.25) is 0 Å². The molecule has 2 aromatic rings. The fraction of sp³-hybridized carbons (Fsp3) is 0.400. The number of hydrogen-bond acceptors (Lipinski definition) is 4. The normalized spacial score (nSPS) is 11.1. The highest BCUT2D eigenvalue weighted by atomic mass is 32.2. The average Bonchev–Trinajstić information content (AvgIpc) is 2.58. The van der Waals surface area contributed by atoms with Gasteiger partial charge in [-0.15, -0.1) is 0 Å². The van der Waals surface area contributed by atoms with Crippen molar-refractivity contribution in [2.24, 2.45) is 0 Å². The number of aryl methyl sites for hydroxylation is 1. The van der Waals surface area contributed by atoms with Gasteiger partial charge in [0.05, 0.1) is 17.8 Å². The van der Waals surface area contributed by atoms with Gasteiger partial charge in [0.15, 0.2) is 0 Å². The highest BCUT2D eigenvalue weighted by Gasteiger charge is 2.06. The average molecular weight is 223 g/mol. The van der Waals surface area contributed by atoms with E-state index in [9.17, 15) is 0 Å². The second-order valence-corrected chi connectivity index (χ2v) is 4.19. The van der Waals surface area contributed by atoms with Crippen LogP contribution in [-0.4, -0.2) is 33.6 Å². The van der Waals surface area contributed by atoms with E-state index in [-0.39, 0.29) is 0 Å². The van der Waals surface area contributed by atoms with Crippen molar-refractivity contribution in [1.82, 2.24) is 14.2 Å². The van der Waals surface area contributed by atoms with E-state index in [1.807, 2.05) is 23.3 Å². The molecule has 80 valence electrons. The monoisotopic (exact) mass is 223 g/mol. The van der Waals surface area contributed by atoms with Crippen LogP contribution in [0, 0.1) is 6.92 Å². The molecule has 2 heterocycles. The summed E-state index contributed by atoms with van der Waals surface area (Å²) in [6.07, 6.45) is 3.64. The highest BCUT2D eigenvalue weighted by molar-refractivity contribution is 7.97. The Morgan fingerprint density at radius 1 is 1.53 bits per heavy atom. The number of methoxy groups -OCH3 is 1. The van der Waals surface area contributed by atoms with E-state index in [4.69, 9.17) is 4.74 Å². The third-order valence-electron chi connectivity index (χ3n) is 2.14. The van der Waals surface area contributed by atoms with Crippen molar-refractivity contribution in [2.45, 2.75) is 6.92 Å². The summed E-state index contributed by atoms with van der Waals surface area (Å²) < 4.78 is 6.94. The van der Waals surface area contributed by atoms with Crippen LogP contribution < -0.4 is 0 Å². The van der Waals surface area contributed by atoms with Gasteiger partial charge in [0, 0.05) is 30.6 Å². The molecule has 0 unspecified atom stereocenters. The molecule has 2 aromatic heterocycles. The third kappa shape index (κ3) is 2.13. The lowest BCUT2D eigenvalue weighted by atomic mass is 10.3. The van der Waals surface area contributed by atoms with Crippen LogP contribution in [0.1, 0.15) is 5.69 Å². The lowest BCUT2D eigenvalue weighted by molar-refractivity contribution is 0.218. The molecule has 2 rings (SSSR count). The zero-order chi connectivity index (χ0) is 10.7. The standard InChI is InChI=1S/C10H13N3OS/c1-8-9-7-11-4-3-10(9)13(12-8)15-6-5-14-2/h3-4,7H,5-6H2,1-2H3. The fourth-order valence-electron chi connectivity index (χ4n) is 1.38. The van der Waals surface area contributed by atoms with Crippen molar-refractivity contribution in [3.63, 3.8) is 0 Å². The molecule has 0 spiro atoms. The molecule has 0 radical (unpaired) electrons. The molecular weight excluding hydrogens is 210 g/mol. The van der Waals surface area contributed by atoms with Crippen molar-refractivity contribution in [3.05, 3.63) is 24.2 Å². The maximum atomic E-state index is 5.01. The third-order valence-corrected chi connectivity index (χ3v) is 3.01. The molecule has 0 aliphatic heterocycles. The predicted octanol–water partition coefficient (Wildman–Crippen LogP) is 1.88. The molecule has 0 bridgehead atoms. The van der Waals surface area contributed by atoms with Crippen LogP contribution in [0.3, 0.4) is 0 Å². The highest BCUT2D eigenvalue weighted by Crippen LogP contribution is 2.20. The van der Waals surface area contributed by atoms with E-state index >= 15 is 0 Å². The first-order valence-electron chi connectivity index (χ1n) is 4.74. The van der Waals surface area contributed by atoms with Crippen LogP contribution in [0.5, 0.6) is 0 Å². The topological polar surface area (TPSA) is 39.9 Å². The van der Waals surface area contributed by atoms with Crippen molar-refractivity contribution >= 4 is 22.9 Å². The van der Waals surface area contributed by atoms with Crippen LogP contribution in [0.25, 0.3) is 10.9 Å². The second kappa shape index (κ2) is 4.63. The smallest absolute Gasteiger partial charge is 0.0845 e. The molecule has 0 saturated heterocycles. The van der Waals surface area contributed by atoms with Gasteiger partial charge in [-0.1, -0.05) is 0 Å². The fourth-order valence-corrected chi connectivity index (χ4v) is 2.27. The number of nitrogens with zero attached hydrogens (tertiary/aromatic N) is 3. The van der Waals surface area contributed by atoms with Gasteiger partial charge in [-0.05, 0) is 24.9 Å². The van der Waals surface area contributed by atoms with Crippen molar-refractivity contribution < 1.29 is 4.74 Å². The Balaban J connectivity index is 2.27. The molecule has 0 saturated carbocycles. The summed E-state index contributed by atoms with van der Waals surface area (Å²) in [6.45, 7) is 2.73. The minimum Gasteiger partial charge on any atom is -0.384 e. The van der Waals surface area contributed by atoms with E-state index in [2.05, 4.69) is 10.1 Å². The zero-order valence-electron chi connectivity index (χ0n) is 8.80. The van der Waals surface area contributed by atoms with E-state index in [0.29, 0.717) is 0 Å². The first-order valence-corrected chi connectivity index (χ1v) is 5.68. The lowest BCUT2D eigenvalue weighted by Gasteiger charge is -2.00. The van der Waals surface area contributed by atoms with Crippen LogP contribution in [0.4, 0.5) is 0 Å². The number of fused-ring (bicyclic) bond motifs is 1. The largest absolute Gasteiger partial charge is 0.384 e. The number of ether oxygens (including phenoxy) is 1. The number of aromatic nitrogens is 3. The molecule has 0 N–H and O–H groups in total. The van der Waals surface area contributed by atoms with Crippen molar-refractivity contribution in [3.8, 4) is 0 Å². The molecule has 0 aromatic carbocycles. The van der Waals surface area contributed by atoms with E-state index in [1.165, 1.54) is 0 Å². The number of pyridine rings is 1. The van der Waals surface area contributed by atoms with Crippen LogP contribution >= 0.6 is 11.9 Å². The van der Waals surface area contributed by atoms with Gasteiger partial charge in [0.25, 0.3) is 0 Å². The Kier molecular flexibility index (Phi) is 3.23. The second-order valence-electron chi connectivity index (χ2n) is 3.18. The number of rotatable bonds is 4. The molecule has 0 aliphatic carbocycles. The molecule has 0 aliphatic rings. The van der Waals surface area contributed by atoms with Gasteiger partial charge in [-0.3, -0.25) is 4.98 Å².